The molecule has 3 unspecified atom stereocenters. The lowest BCUT2D eigenvalue weighted by molar-refractivity contribution is 0.0903. The zero-order chi connectivity index (χ0) is 13.2. The SMILES string of the molecule is CCC1CCCCC1Oc1ccc2c(c1)CCC2N. The Kier molecular flexibility index (Phi) is 3.79. The van der Waals surface area contributed by atoms with Crippen LogP contribution in [0.1, 0.15) is 62.6 Å². The fraction of sp³-hybridized carbons (Fsp3) is 0.647. The molecule has 3 atom stereocenters. The summed E-state index contributed by atoms with van der Waals surface area (Å²) in [5.74, 6) is 1.79. The zero-order valence-electron chi connectivity index (χ0n) is 11.9. The quantitative estimate of drug-likeness (QED) is 0.891. The number of ether oxygens (including phenoxy) is 1. The van der Waals surface area contributed by atoms with E-state index in [1.54, 1.807) is 0 Å². The molecule has 0 heterocycles. The second-order valence-corrected chi connectivity index (χ2v) is 6.11. The van der Waals surface area contributed by atoms with Crippen LogP contribution in [-0.4, -0.2) is 6.10 Å². The molecule has 1 aromatic rings. The molecule has 0 radical (unpaired) electrons. The van der Waals surface area contributed by atoms with Crippen molar-refractivity contribution in [3.63, 3.8) is 0 Å². The van der Waals surface area contributed by atoms with Crippen LogP contribution in [0.15, 0.2) is 18.2 Å². The molecule has 0 aromatic heterocycles. The van der Waals surface area contributed by atoms with Gasteiger partial charge in [-0.15, -0.1) is 0 Å². The van der Waals surface area contributed by atoms with Crippen LogP contribution in [0.4, 0.5) is 0 Å². The highest BCUT2D eigenvalue weighted by molar-refractivity contribution is 5.40. The first-order valence-corrected chi connectivity index (χ1v) is 7.83. The number of aryl methyl sites for hydroxylation is 1. The van der Waals surface area contributed by atoms with Crippen molar-refractivity contribution < 1.29 is 4.74 Å². The molecule has 1 aromatic carbocycles. The number of nitrogens with two attached hydrogens (primary N) is 1. The molecule has 3 rings (SSSR count). The predicted octanol–water partition coefficient (Wildman–Crippen LogP) is 3.98. The van der Waals surface area contributed by atoms with Crippen molar-refractivity contribution in [2.24, 2.45) is 11.7 Å². The number of rotatable bonds is 3. The first kappa shape index (κ1) is 13.0. The maximum absolute atomic E-state index is 6.28. The molecule has 2 aliphatic rings. The van der Waals surface area contributed by atoms with Crippen LogP contribution >= 0.6 is 0 Å². The summed E-state index contributed by atoms with van der Waals surface area (Å²) >= 11 is 0. The van der Waals surface area contributed by atoms with Crippen molar-refractivity contribution in [3.8, 4) is 5.75 Å². The molecule has 0 saturated heterocycles. The first-order chi connectivity index (χ1) is 9.28. The minimum absolute atomic E-state index is 0.238. The Morgan fingerprint density at radius 2 is 2.05 bits per heavy atom. The molecule has 104 valence electrons. The van der Waals surface area contributed by atoms with Crippen molar-refractivity contribution in [1.29, 1.82) is 0 Å². The van der Waals surface area contributed by atoms with Gasteiger partial charge in [-0.05, 0) is 67.7 Å². The van der Waals surface area contributed by atoms with E-state index in [-0.39, 0.29) is 6.04 Å². The van der Waals surface area contributed by atoms with Gasteiger partial charge in [-0.25, -0.2) is 0 Å². The van der Waals surface area contributed by atoms with E-state index in [0.29, 0.717) is 6.10 Å². The number of hydrogen-bond donors (Lipinski definition) is 1. The second kappa shape index (κ2) is 5.54. The molecule has 0 spiro atoms. The third-order valence-corrected chi connectivity index (χ3v) is 4.89. The summed E-state index contributed by atoms with van der Waals surface area (Å²) in [6.07, 6.45) is 9.09. The van der Waals surface area contributed by atoms with E-state index in [4.69, 9.17) is 10.5 Å². The maximum Gasteiger partial charge on any atom is 0.120 e. The highest BCUT2D eigenvalue weighted by atomic mass is 16.5. The molecule has 0 bridgehead atoms. The van der Waals surface area contributed by atoms with Crippen LogP contribution in [0.25, 0.3) is 0 Å². The van der Waals surface area contributed by atoms with Gasteiger partial charge in [0.1, 0.15) is 11.9 Å². The first-order valence-electron chi connectivity index (χ1n) is 7.83. The highest BCUT2D eigenvalue weighted by Crippen LogP contribution is 2.34. The van der Waals surface area contributed by atoms with Gasteiger partial charge >= 0.3 is 0 Å². The normalized spacial score (nSPS) is 30.1. The van der Waals surface area contributed by atoms with Gasteiger partial charge in [-0.1, -0.05) is 19.4 Å². The van der Waals surface area contributed by atoms with Crippen molar-refractivity contribution in [2.45, 2.75) is 64.0 Å². The number of hydrogen-bond acceptors (Lipinski definition) is 2. The van der Waals surface area contributed by atoms with Crippen molar-refractivity contribution in [1.82, 2.24) is 0 Å². The van der Waals surface area contributed by atoms with Crippen LogP contribution in [0.3, 0.4) is 0 Å². The molecule has 19 heavy (non-hydrogen) atoms. The molecule has 0 aliphatic heterocycles. The third-order valence-electron chi connectivity index (χ3n) is 4.89. The van der Waals surface area contributed by atoms with Crippen LogP contribution in [0.2, 0.25) is 0 Å². The molecule has 1 fully saturated rings. The monoisotopic (exact) mass is 259 g/mol. The third kappa shape index (κ3) is 2.64. The Labute approximate surface area is 116 Å². The highest BCUT2D eigenvalue weighted by Gasteiger charge is 2.26. The summed E-state index contributed by atoms with van der Waals surface area (Å²) in [6, 6.07) is 6.75. The van der Waals surface area contributed by atoms with Gasteiger partial charge in [0.2, 0.25) is 0 Å². The van der Waals surface area contributed by atoms with E-state index in [1.165, 1.54) is 43.2 Å². The molecular formula is C17H25NO. The second-order valence-electron chi connectivity index (χ2n) is 6.11. The van der Waals surface area contributed by atoms with Gasteiger partial charge in [0.05, 0.1) is 0 Å². The maximum atomic E-state index is 6.28. The lowest BCUT2D eigenvalue weighted by Crippen LogP contribution is -2.29. The Morgan fingerprint density at radius 1 is 1.21 bits per heavy atom. The van der Waals surface area contributed by atoms with Gasteiger partial charge in [-0.2, -0.15) is 0 Å². The van der Waals surface area contributed by atoms with Crippen LogP contribution in [0, 0.1) is 5.92 Å². The van der Waals surface area contributed by atoms with Crippen LogP contribution < -0.4 is 10.5 Å². The number of benzene rings is 1. The van der Waals surface area contributed by atoms with E-state index in [0.717, 1.165) is 24.5 Å². The molecule has 1 saturated carbocycles. The van der Waals surface area contributed by atoms with E-state index >= 15 is 0 Å². The molecule has 2 nitrogen and oxygen atoms in total. The minimum atomic E-state index is 0.238. The van der Waals surface area contributed by atoms with E-state index < -0.39 is 0 Å². The van der Waals surface area contributed by atoms with Crippen LogP contribution in [0.5, 0.6) is 5.75 Å². The summed E-state index contributed by atoms with van der Waals surface area (Å²) < 4.78 is 6.28. The largest absolute Gasteiger partial charge is 0.490 e. The van der Waals surface area contributed by atoms with Gasteiger partial charge < -0.3 is 10.5 Å². The standard InChI is InChI=1S/C17H25NO/c1-2-12-5-3-4-6-17(12)19-14-8-9-15-13(11-14)7-10-16(15)18/h8-9,11-12,16-17H,2-7,10,18H2,1H3. The summed E-state index contributed by atoms with van der Waals surface area (Å²) in [7, 11) is 0. The zero-order valence-corrected chi connectivity index (χ0v) is 11.9. The Balaban J connectivity index is 1.73. The Hall–Kier alpha value is -1.02. The molecule has 2 aliphatic carbocycles. The average molecular weight is 259 g/mol. The minimum Gasteiger partial charge on any atom is -0.490 e. The van der Waals surface area contributed by atoms with E-state index in [2.05, 4.69) is 25.1 Å². The summed E-state index contributed by atoms with van der Waals surface area (Å²) in [4.78, 5) is 0. The smallest absolute Gasteiger partial charge is 0.120 e. The van der Waals surface area contributed by atoms with E-state index in [1.807, 2.05) is 0 Å². The average Bonchev–Trinajstić information content (AvgIpc) is 2.81. The van der Waals surface area contributed by atoms with Gasteiger partial charge in [0.25, 0.3) is 0 Å². The van der Waals surface area contributed by atoms with Gasteiger partial charge in [-0.3, -0.25) is 0 Å². The summed E-state index contributed by atoms with van der Waals surface area (Å²) in [5.41, 5.74) is 8.80. The van der Waals surface area contributed by atoms with Gasteiger partial charge in [0, 0.05) is 6.04 Å². The predicted molar refractivity (Wildman–Crippen MR) is 78.4 cm³/mol. The molecule has 2 N–H and O–H groups in total. The fourth-order valence-electron chi connectivity index (χ4n) is 3.67. The van der Waals surface area contributed by atoms with Crippen LogP contribution in [-0.2, 0) is 6.42 Å². The fourth-order valence-corrected chi connectivity index (χ4v) is 3.67. The van der Waals surface area contributed by atoms with Crippen molar-refractivity contribution in [2.75, 3.05) is 0 Å². The summed E-state index contributed by atoms with van der Waals surface area (Å²) in [6.45, 7) is 2.29. The Bertz CT molecular complexity index is 443. The topological polar surface area (TPSA) is 35.2 Å². The lowest BCUT2D eigenvalue weighted by atomic mass is 9.85. The Morgan fingerprint density at radius 3 is 2.89 bits per heavy atom. The molecular weight excluding hydrogens is 234 g/mol. The summed E-state index contributed by atoms with van der Waals surface area (Å²) in [5, 5.41) is 0. The molecule has 0 amide bonds. The van der Waals surface area contributed by atoms with Gasteiger partial charge in [0.15, 0.2) is 0 Å². The number of fused-ring (bicyclic) bond motifs is 1. The lowest BCUT2D eigenvalue weighted by Gasteiger charge is -2.31. The molecule has 2 heteroatoms. The van der Waals surface area contributed by atoms with Crippen molar-refractivity contribution >= 4 is 0 Å². The van der Waals surface area contributed by atoms with E-state index in [9.17, 15) is 0 Å². The van der Waals surface area contributed by atoms with Crippen molar-refractivity contribution in [3.05, 3.63) is 29.3 Å².